The maximum absolute atomic E-state index is 13.3. The van der Waals surface area contributed by atoms with E-state index < -0.39 is 50.4 Å². The number of anilines is 1. The van der Waals surface area contributed by atoms with Gasteiger partial charge in [0.05, 0.1) is 35.2 Å². The van der Waals surface area contributed by atoms with E-state index in [0.29, 0.717) is 22.5 Å². The van der Waals surface area contributed by atoms with Crippen molar-refractivity contribution >= 4 is 32.7 Å². The molecule has 234 valence electrons. The average molecular weight is 634 g/mol. The second-order valence-corrected chi connectivity index (χ2v) is 12.3. The molecule has 3 aromatic rings. The standard InChI is InChI=1S/C27H29F6N5O4S/c1-16(2)23(25(39)42-3)36-24-20-6-4-5-7-21(20)34-22(35-24)15-37-8-10-38(11-9-37)43(40,41)19-13-17(26(28,29)30)12-18(14-19)27(31,32)33/h4-7,12-14,16,23H,8-11,15H2,1-3H3,(H,34,35,36)/t23-/m0/s1. The number of methoxy groups -OCH3 is 1. The average Bonchev–Trinajstić information content (AvgIpc) is 2.94. The molecule has 0 bridgehead atoms. The van der Waals surface area contributed by atoms with E-state index >= 15 is 0 Å². The van der Waals surface area contributed by atoms with Gasteiger partial charge in [-0.2, -0.15) is 30.6 Å². The number of sulfonamides is 1. The summed E-state index contributed by atoms with van der Waals surface area (Å²) in [5, 5.41) is 3.80. The van der Waals surface area contributed by atoms with E-state index in [0.717, 1.165) is 4.31 Å². The van der Waals surface area contributed by atoms with Crippen molar-refractivity contribution in [3.63, 3.8) is 0 Å². The number of nitrogens with zero attached hydrogens (tertiary/aromatic N) is 4. The molecular weight excluding hydrogens is 604 g/mol. The third kappa shape index (κ3) is 7.36. The fourth-order valence-electron chi connectivity index (χ4n) is 4.63. The lowest BCUT2D eigenvalue weighted by Crippen LogP contribution is -2.48. The number of ether oxygens (including phenoxy) is 1. The highest BCUT2D eigenvalue weighted by Gasteiger charge is 2.39. The van der Waals surface area contributed by atoms with Gasteiger partial charge in [-0.1, -0.05) is 26.0 Å². The summed E-state index contributed by atoms with van der Waals surface area (Å²) < 4.78 is 112. The maximum Gasteiger partial charge on any atom is 0.416 e. The molecule has 0 amide bonds. The van der Waals surface area contributed by atoms with E-state index in [1.807, 2.05) is 18.7 Å². The Morgan fingerprint density at radius 1 is 0.953 bits per heavy atom. The number of para-hydroxylation sites is 1. The Bertz CT molecular complexity index is 1560. The van der Waals surface area contributed by atoms with Gasteiger partial charge in [0.1, 0.15) is 17.7 Å². The number of carbonyl (C=O) groups is 1. The molecule has 0 unspecified atom stereocenters. The normalized spacial score (nSPS) is 16.4. The summed E-state index contributed by atoms with van der Waals surface area (Å²) in [5.74, 6) is 0.150. The SMILES string of the molecule is COC(=O)[C@@H](Nc1nc(CN2CCN(S(=O)(=O)c3cc(C(F)(F)F)cc(C(F)(F)F)c3)CC2)nc2ccccc12)C(C)C. The summed E-state index contributed by atoms with van der Waals surface area (Å²) in [5.41, 5.74) is -2.82. The number of rotatable bonds is 8. The van der Waals surface area contributed by atoms with Crippen LogP contribution in [0.15, 0.2) is 47.4 Å². The van der Waals surface area contributed by atoms with E-state index in [1.165, 1.54) is 7.11 Å². The van der Waals surface area contributed by atoms with Gasteiger partial charge < -0.3 is 10.1 Å². The number of alkyl halides is 6. The number of hydrogen-bond donors (Lipinski definition) is 1. The van der Waals surface area contributed by atoms with Crippen LogP contribution in [-0.4, -0.2) is 72.9 Å². The molecule has 0 saturated carbocycles. The first-order valence-electron chi connectivity index (χ1n) is 13.1. The minimum absolute atomic E-state index is 0.111. The fourth-order valence-corrected chi connectivity index (χ4v) is 6.12. The molecule has 2 heterocycles. The molecule has 9 nitrogen and oxygen atoms in total. The van der Waals surface area contributed by atoms with Crippen molar-refractivity contribution in [3.05, 3.63) is 59.4 Å². The summed E-state index contributed by atoms with van der Waals surface area (Å²) >= 11 is 0. The zero-order chi connectivity index (χ0) is 31.7. The van der Waals surface area contributed by atoms with Crippen molar-refractivity contribution in [3.8, 4) is 0 Å². The van der Waals surface area contributed by atoms with Gasteiger partial charge in [0.25, 0.3) is 0 Å². The molecule has 0 aliphatic carbocycles. The molecule has 1 aliphatic heterocycles. The van der Waals surface area contributed by atoms with Crippen LogP contribution < -0.4 is 5.32 Å². The van der Waals surface area contributed by atoms with Crippen LogP contribution in [0.4, 0.5) is 32.2 Å². The number of carbonyl (C=O) groups excluding carboxylic acids is 1. The lowest BCUT2D eigenvalue weighted by molar-refractivity contribution is -0.144. The molecule has 1 atom stereocenters. The zero-order valence-electron chi connectivity index (χ0n) is 23.3. The molecule has 1 fully saturated rings. The predicted molar refractivity (Wildman–Crippen MR) is 144 cm³/mol. The summed E-state index contributed by atoms with van der Waals surface area (Å²) in [7, 11) is -3.39. The molecule has 0 spiro atoms. The highest BCUT2D eigenvalue weighted by molar-refractivity contribution is 7.89. The van der Waals surface area contributed by atoms with E-state index in [1.54, 1.807) is 24.3 Å². The number of esters is 1. The second kappa shape index (κ2) is 12.2. The van der Waals surface area contributed by atoms with Gasteiger partial charge in [0.15, 0.2) is 0 Å². The van der Waals surface area contributed by atoms with Crippen LogP contribution in [0.25, 0.3) is 10.9 Å². The van der Waals surface area contributed by atoms with Crippen molar-refractivity contribution in [2.75, 3.05) is 38.6 Å². The molecule has 1 aromatic heterocycles. The number of hydrogen-bond acceptors (Lipinski definition) is 8. The van der Waals surface area contributed by atoms with Crippen LogP contribution >= 0.6 is 0 Å². The molecule has 0 radical (unpaired) electrons. The largest absolute Gasteiger partial charge is 0.467 e. The van der Waals surface area contributed by atoms with Crippen LogP contribution in [0, 0.1) is 5.92 Å². The van der Waals surface area contributed by atoms with E-state index in [-0.39, 0.29) is 56.8 Å². The Kier molecular flexibility index (Phi) is 9.23. The molecule has 43 heavy (non-hydrogen) atoms. The van der Waals surface area contributed by atoms with Gasteiger partial charge >= 0.3 is 18.3 Å². The zero-order valence-corrected chi connectivity index (χ0v) is 24.1. The van der Waals surface area contributed by atoms with E-state index in [4.69, 9.17) is 4.74 Å². The molecule has 1 saturated heterocycles. The van der Waals surface area contributed by atoms with Crippen LogP contribution in [0.2, 0.25) is 0 Å². The van der Waals surface area contributed by atoms with E-state index in [9.17, 15) is 39.6 Å². The Hall–Kier alpha value is -3.50. The molecule has 1 aliphatic rings. The minimum atomic E-state index is -5.18. The van der Waals surface area contributed by atoms with Gasteiger partial charge in [0.2, 0.25) is 10.0 Å². The van der Waals surface area contributed by atoms with Gasteiger partial charge in [0, 0.05) is 31.6 Å². The summed E-state index contributed by atoms with van der Waals surface area (Å²) in [4.78, 5) is 22.2. The lowest BCUT2D eigenvalue weighted by atomic mass is 10.0. The molecule has 2 aromatic carbocycles. The van der Waals surface area contributed by atoms with Gasteiger partial charge in [-0.15, -0.1) is 0 Å². The van der Waals surface area contributed by atoms with Gasteiger partial charge in [-0.05, 0) is 36.2 Å². The predicted octanol–water partition coefficient (Wildman–Crippen LogP) is 4.78. The van der Waals surface area contributed by atoms with E-state index in [2.05, 4.69) is 15.3 Å². The van der Waals surface area contributed by atoms with Crippen LogP contribution in [-0.2, 0) is 38.5 Å². The van der Waals surface area contributed by atoms with Crippen LogP contribution in [0.3, 0.4) is 0 Å². The third-order valence-electron chi connectivity index (χ3n) is 6.96. The number of fused-ring (bicyclic) bond motifs is 1. The first-order valence-corrected chi connectivity index (χ1v) is 14.6. The maximum atomic E-state index is 13.3. The van der Waals surface area contributed by atoms with Crippen LogP contribution in [0.1, 0.15) is 30.8 Å². The van der Waals surface area contributed by atoms with Crippen molar-refractivity contribution in [1.82, 2.24) is 19.2 Å². The summed E-state index contributed by atoms with van der Waals surface area (Å²) in [6, 6.07) is 6.75. The van der Waals surface area contributed by atoms with Crippen molar-refractivity contribution in [2.24, 2.45) is 5.92 Å². The van der Waals surface area contributed by atoms with Gasteiger partial charge in [-0.3, -0.25) is 4.90 Å². The van der Waals surface area contributed by atoms with Crippen molar-refractivity contribution < 1.29 is 44.3 Å². The summed E-state index contributed by atoms with van der Waals surface area (Å²) in [6.45, 7) is 3.71. The Balaban J connectivity index is 1.54. The summed E-state index contributed by atoms with van der Waals surface area (Å²) in [6.07, 6.45) is -10.4. The Morgan fingerprint density at radius 3 is 2.07 bits per heavy atom. The number of aromatic nitrogens is 2. The second-order valence-electron chi connectivity index (χ2n) is 10.3. The highest BCUT2D eigenvalue weighted by Crippen LogP contribution is 2.38. The molecular formula is C27H29F6N5O4S. The number of piperazine rings is 1. The third-order valence-corrected chi connectivity index (χ3v) is 8.84. The van der Waals surface area contributed by atoms with Crippen LogP contribution in [0.5, 0.6) is 0 Å². The highest BCUT2D eigenvalue weighted by atomic mass is 32.2. The first kappa shape index (κ1) is 32.4. The lowest BCUT2D eigenvalue weighted by Gasteiger charge is -2.33. The van der Waals surface area contributed by atoms with Crippen molar-refractivity contribution in [1.29, 1.82) is 0 Å². The minimum Gasteiger partial charge on any atom is -0.467 e. The topological polar surface area (TPSA) is 105 Å². The Morgan fingerprint density at radius 2 is 1.53 bits per heavy atom. The first-order chi connectivity index (χ1) is 20.0. The number of halogens is 6. The van der Waals surface area contributed by atoms with Crippen molar-refractivity contribution in [2.45, 2.75) is 43.7 Å². The molecule has 4 rings (SSSR count). The quantitative estimate of drug-likeness (QED) is 0.279. The molecule has 16 heteroatoms. The Labute approximate surface area is 243 Å². The van der Waals surface area contributed by atoms with Gasteiger partial charge in [-0.25, -0.2) is 23.2 Å². The fraction of sp³-hybridized carbons (Fsp3) is 0.444. The smallest absolute Gasteiger partial charge is 0.416 e. The number of benzene rings is 2. The number of nitrogens with one attached hydrogen (secondary N) is 1. The monoisotopic (exact) mass is 633 g/mol. The molecule has 1 N–H and O–H groups in total.